The number of ketones is 1. The average molecular weight is 386 g/mol. The number of nitrogens with zero attached hydrogens (tertiary/aromatic N) is 2. The van der Waals surface area contributed by atoms with Gasteiger partial charge in [0.05, 0.1) is 11.3 Å². The van der Waals surface area contributed by atoms with E-state index in [4.69, 9.17) is 0 Å². The minimum absolute atomic E-state index is 0.0521. The van der Waals surface area contributed by atoms with Crippen LogP contribution >= 0.6 is 0 Å². The number of halogens is 2. The van der Waals surface area contributed by atoms with E-state index < -0.39 is 11.6 Å². The van der Waals surface area contributed by atoms with Crippen molar-refractivity contribution in [3.05, 3.63) is 53.7 Å². The van der Waals surface area contributed by atoms with Gasteiger partial charge in [0.15, 0.2) is 11.6 Å². The van der Waals surface area contributed by atoms with Gasteiger partial charge in [-0.25, -0.2) is 8.78 Å². The van der Waals surface area contributed by atoms with Crippen LogP contribution < -0.4 is 0 Å². The summed E-state index contributed by atoms with van der Waals surface area (Å²) in [6.07, 6.45) is 3.51. The molecule has 1 aliphatic heterocycles. The van der Waals surface area contributed by atoms with Gasteiger partial charge in [-0.05, 0) is 43.0 Å². The highest BCUT2D eigenvalue weighted by Gasteiger charge is 2.29. The van der Waals surface area contributed by atoms with Gasteiger partial charge in [-0.1, -0.05) is 19.9 Å². The molecule has 3 rings (SSSR count). The zero-order chi connectivity index (χ0) is 20.3. The molecule has 0 bridgehead atoms. The maximum Gasteiger partial charge on any atom is 0.255 e. The van der Waals surface area contributed by atoms with Crippen molar-refractivity contribution in [3.63, 3.8) is 0 Å². The van der Waals surface area contributed by atoms with Crippen LogP contribution in [0.25, 0.3) is 11.3 Å². The molecule has 4 nitrogen and oxygen atoms in total. The Morgan fingerprint density at radius 2 is 2.00 bits per heavy atom. The van der Waals surface area contributed by atoms with Crippen molar-refractivity contribution in [1.29, 1.82) is 0 Å². The summed E-state index contributed by atoms with van der Waals surface area (Å²) >= 11 is 0. The Morgan fingerprint density at radius 3 is 2.68 bits per heavy atom. The molecule has 1 aromatic heterocycles. The van der Waals surface area contributed by atoms with Crippen LogP contribution in [0.3, 0.4) is 0 Å². The van der Waals surface area contributed by atoms with E-state index in [1.54, 1.807) is 11.0 Å². The molecule has 148 valence electrons. The monoisotopic (exact) mass is 386 g/mol. The van der Waals surface area contributed by atoms with Crippen LogP contribution in [0.2, 0.25) is 0 Å². The third-order valence-electron chi connectivity index (χ3n) is 5.01. The van der Waals surface area contributed by atoms with E-state index >= 15 is 0 Å². The van der Waals surface area contributed by atoms with Gasteiger partial charge in [0.2, 0.25) is 0 Å². The topological polar surface area (TPSA) is 50.3 Å². The van der Waals surface area contributed by atoms with Gasteiger partial charge in [0.1, 0.15) is 5.78 Å². The lowest BCUT2D eigenvalue weighted by molar-refractivity contribution is -0.124. The highest BCUT2D eigenvalue weighted by atomic mass is 19.2. The number of rotatable bonds is 5. The van der Waals surface area contributed by atoms with Crippen molar-refractivity contribution in [2.75, 3.05) is 13.1 Å². The fourth-order valence-electron chi connectivity index (χ4n) is 3.56. The van der Waals surface area contributed by atoms with Gasteiger partial charge in [0.25, 0.3) is 5.91 Å². The Balaban J connectivity index is 1.72. The van der Waals surface area contributed by atoms with Crippen LogP contribution in [0.1, 0.15) is 43.5 Å². The standard InChI is InChI=1S/C22H24F2N2O2/c1-14(2)11-20(27)16-5-4-10-26(13-16)22(28)15-8-9-19(25-12-15)17-6-3-7-18(23)21(17)24/h3,6-9,12,14,16H,4-5,10-11,13H2,1-2H3. The summed E-state index contributed by atoms with van der Waals surface area (Å²) in [6.45, 7) is 5.05. The summed E-state index contributed by atoms with van der Waals surface area (Å²) in [6, 6.07) is 6.98. The quantitative estimate of drug-likeness (QED) is 0.761. The zero-order valence-electron chi connectivity index (χ0n) is 16.1. The number of hydrogen-bond donors (Lipinski definition) is 0. The summed E-state index contributed by atoms with van der Waals surface area (Å²) in [7, 11) is 0. The van der Waals surface area contributed by atoms with Gasteiger partial charge in [-0.3, -0.25) is 14.6 Å². The highest BCUT2D eigenvalue weighted by Crippen LogP contribution is 2.24. The number of amides is 1. The number of carbonyl (C=O) groups excluding carboxylic acids is 2. The van der Waals surface area contributed by atoms with Crippen LogP contribution in [0, 0.1) is 23.5 Å². The number of piperidine rings is 1. The number of likely N-dealkylation sites (tertiary alicyclic amines) is 1. The van der Waals surface area contributed by atoms with E-state index in [1.807, 2.05) is 13.8 Å². The van der Waals surface area contributed by atoms with Crippen molar-refractivity contribution in [3.8, 4) is 11.3 Å². The van der Waals surface area contributed by atoms with Crippen LogP contribution in [-0.2, 0) is 4.79 Å². The van der Waals surface area contributed by atoms with Gasteiger partial charge in [-0.2, -0.15) is 0 Å². The third kappa shape index (κ3) is 4.43. The predicted molar refractivity (Wildman–Crippen MR) is 103 cm³/mol. The molecule has 2 heterocycles. The Hall–Kier alpha value is -2.63. The van der Waals surface area contributed by atoms with E-state index in [1.165, 1.54) is 24.4 Å². The van der Waals surface area contributed by atoms with Gasteiger partial charge in [-0.15, -0.1) is 0 Å². The van der Waals surface area contributed by atoms with E-state index in [9.17, 15) is 18.4 Å². The number of hydrogen-bond acceptors (Lipinski definition) is 3. The zero-order valence-corrected chi connectivity index (χ0v) is 16.1. The number of carbonyl (C=O) groups is 2. The summed E-state index contributed by atoms with van der Waals surface area (Å²) in [5, 5.41) is 0. The van der Waals surface area contributed by atoms with E-state index in [-0.39, 0.29) is 28.9 Å². The number of pyridine rings is 1. The van der Waals surface area contributed by atoms with Crippen LogP contribution in [-0.4, -0.2) is 34.7 Å². The number of Topliss-reactive ketones (excluding diaryl/α,β-unsaturated/α-hetero) is 1. The highest BCUT2D eigenvalue weighted by molar-refractivity contribution is 5.94. The molecule has 0 N–H and O–H groups in total. The maximum atomic E-state index is 13.9. The lowest BCUT2D eigenvalue weighted by Gasteiger charge is -2.32. The first-order chi connectivity index (χ1) is 13.4. The fourth-order valence-corrected chi connectivity index (χ4v) is 3.56. The molecular weight excluding hydrogens is 362 g/mol. The van der Waals surface area contributed by atoms with Crippen molar-refractivity contribution in [1.82, 2.24) is 9.88 Å². The molecule has 0 aliphatic carbocycles. The maximum absolute atomic E-state index is 13.9. The second-order valence-electron chi connectivity index (χ2n) is 7.69. The van der Waals surface area contributed by atoms with Crippen LogP contribution in [0.15, 0.2) is 36.5 Å². The van der Waals surface area contributed by atoms with Crippen molar-refractivity contribution >= 4 is 11.7 Å². The van der Waals surface area contributed by atoms with E-state index in [0.29, 0.717) is 31.0 Å². The Labute approximate surface area is 163 Å². The molecule has 2 aromatic rings. The number of aromatic nitrogens is 1. The largest absolute Gasteiger partial charge is 0.338 e. The SMILES string of the molecule is CC(C)CC(=O)C1CCCN(C(=O)c2ccc(-c3cccc(F)c3F)nc2)C1. The molecule has 1 amide bonds. The predicted octanol–water partition coefficient (Wildman–Crippen LogP) is 4.49. The van der Waals surface area contributed by atoms with E-state index in [2.05, 4.69) is 4.98 Å². The first kappa shape index (κ1) is 20.1. The first-order valence-corrected chi connectivity index (χ1v) is 9.59. The molecule has 1 atom stereocenters. The summed E-state index contributed by atoms with van der Waals surface area (Å²) in [5.74, 6) is -1.70. The average Bonchev–Trinajstić information content (AvgIpc) is 2.69. The molecule has 1 unspecified atom stereocenters. The van der Waals surface area contributed by atoms with Crippen LogP contribution in [0.5, 0.6) is 0 Å². The van der Waals surface area contributed by atoms with Crippen molar-refractivity contribution in [2.45, 2.75) is 33.1 Å². The molecular formula is C22H24F2N2O2. The fraction of sp³-hybridized carbons (Fsp3) is 0.409. The second kappa shape index (κ2) is 8.59. The minimum atomic E-state index is -0.961. The second-order valence-corrected chi connectivity index (χ2v) is 7.69. The lowest BCUT2D eigenvalue weighted by Crippen LogP contribution is -2.42. The smallest absolute Gasteiger partial charge is 0.255 e. The Kier molecular flexibility index (Phi) is 6.17. The molecule has 1 saturated heterocycles. The third-order valence-corrected chi connectivity index (χ3v) is 5.01. The van der Waals surface area contributed by atoms with Gasteiger partial charge in [0, 0.05) is 37.2 Å². The summed E-state index contributed by atoms with van der Waals surface area (Å²) < 4.78 is 27.3. The molecule has 1 aromatic carbocycles. The molecule has 1 fully saturated rings. The van der Waals surface area contributed by atoms with Crippen molar-refractivity contribution in [2.24, 2.45) is 11.8 Å². The summed E-state index contributed by atoms with van der Waals surface area (Å²) in [4.78, 5) is 31.0. The first-order valence-electron chi connectivity index (χ1n) is 9.59. The normalized spacial score (nSPS) is 17.0. The Bertz CT molecular complexity index is 865. The number of benzene rings is 1. The van der Waals surface area contributed by atoms with Crippen molar-refractivity contribution < 1.29 is 18.4 Å². The van der Waals surface area contributed by atoms with E-state index in [0.717, 1.165) is 18.9 Å². The van der Waals surface area contributed by atoms with Crippen LogP contribution in [0.4, 0.5) is 8.78 Å². The Morgan fingerprint density at radius 1 is 1.21 bits per heavy atom. The van der Waals surface area contributed by atoms with Gasteiger partial charge < -0.3 is 4.90 Å². The van der Waals surface area contributed by atoms with Gasteiger partial charge >= 0.3 is 0 Å². The molecule has 6 heteroatoms. The summed E-state index contributed by atoms with van der Waals surface area (Å²) in [5.41, 5.74) is 0.686. The minimum Gasteiger partial charge on any atom is -0.338 e. The molecule has 28 heavy (non-hydrogen) atoms. The molecule has 0 saturated carbocycles. The molecule has 0 radical (unpaired) electrons. The molecule has 0 spiro atoms. The lowest BCUT2D eigenvalue weighted by atomic mass is 9.89. The molecule has 1 aliphatic rings.